The first-order valence-electron chi connectivity index (χ1n) is 11.9. The third-order valence-electron chi connectivity index (χ3n) is 6.16. The molecule has 0 bridgehead atoms. The number of nitrogens with zero attached hydrogens (tertiary/aromatic N) is 5. The highest BCUT2D eigenvalue weighted by atomic mass is 32.1. The second-order valence-electron chi connectivity index (χ2n) is 8.71. The van der Waals surface area contributed by atoms with E-state index in [-0.39, 0.29) is 11.9 Å². The number of benzene rings is 1. The number of carbonyl (C=O) groups excluding carboxylic acids is 2. The van der Waals surface area contributed by atoms with Crippen molar-refractivity contribution in [3.63, 3.8) is 0 Å². The zero-order chi connectivity index (χ0) is 25.9. The Morgan fingerprint density at radius 1 is 1.05 bits per heavy atom. The van der Waals surface area contributed by atoms with E-state index in [4.69, 9.17) is 5.11 Å². The molecule has 190 valence electrons. The number of amides is 2. The number of carbonyl (C=O) groups is 2. The Labute approximate surface area is 217 Å². The molecule has 0 unspecified atom stereocenters. The van der Waals surface area contributed by atoms with Gasteiger partial charge in [0.2, 0.25) is 5.95 Å². The molecule has 37 heavy (non-hydrogen) atoms. The number of rotatable bonds is 6. The van der Waals surface area contributed by atoms with Crippen LogP contribution in [0.1, 0.15) is 15.4 Å². The van der Waals surface area contributed by atoms with Gasteiger partial charge in [0.05, 0.1) is 12.0 Å². The van der Waals surface area contributed by atoms with E-state index in [0.29, 0.717) is 42.5 Å². The van der Waals surface area contributed by atoms with Crippen molar-refractivity contribution < 1.29 is 19.8 Å². The van der Waals surface area contributed by atoms with Crippen LogP contribution in [-0.4, -0.2) is 80.8 Å². The molecular formula is C26H26N6O4S. The average Bonchev–Trinajstić information content (AvgIpc) is 3.32. The Kier molecular flexibility index (Phi) is 7.08. The Morgan fingerprint density at radius 2 is 1.81 bits per heavy atom. The van der Waals surface area contributed by atoms with Gasteiger partial charge in [0, 0.05) is 42.8 Å². The number of piperazine rings is 1. The van der Waals surface area contributed by atoms with Gasteiger partial charge in [0.25, 0.3) is 11.8 Å². The minimum absolute atomic E-state index is 0.0584. The fraction of sp³-hybridized carbons (Fsp3) is 0.269. The fourth-order valence-electron chi connectivity index (χ4n) is 4.21. The summed E-state index contributed by atoms with van der Waals surface area (Å²) in [5.41, 5.74) is 2.40. The molecule has 4 heterocycles. The van der Waals surface area contributed by atoms with Crippen molar-refractivity contribution >= 4 is 45.1 Å². The van der Waals surface area contributed by atoms with Crippen molar-refractivity contribution in [1.82, 2.24) is 19.9 Å². The van der Waals surface area contributed by atoms with Crippen molar-refractivity contribution in [2.24, 2.45) is 0 Å². The summed E-state index contributed by atoms with van der Waals surface area (Å²) >= 11 is 1.47. The zero-order valence-corrected chi connectivity index (χ0v) is 21.0. The number of fused-ring (bicyclic) bond motifs is 1. The van der Waals surface area contributed by atoms with Crippen LogP contribution in [-0.2, 0) is 4.79 Å². The van der Waals surface area contributed by atoms with Crippen LogP contribution in [0.3, 0.4) is 0 Å². The number of aliphatic hydroxyl groups is 2. The number of nitrogens with one attached hydrogen (secondary N) is 1. The van der Waals surface area contributed by atoms with Crippen LogP contribution < -0.4 is 10.2 Å². The largest absolute Gasteiger partial charge is 0.393 e. The molecule has 2 amide bonds. The van der Waals surface area contributed by atoms with Crippen molar-refractivity contribution in [2.75, 3.05) is 43.0 Å². The summed E-state index contributed by atoms with van der Waals surface area (Å²) in [4.78, 5) is 44.1. The molecule has 4 aromatic rings. The fourth-order valence-corrected chi connectivity index (χ4v) is 5.08. The maximum Gasteiger partial charge on any atom is 0.272 e. The molecule has 1 aliphatic heterocycles. The predicted octanol–water partition coefficient (Wildman–Crippen LogP) is 2.32. The van der Waals surface area contributed by atoms with Crippen LogP contribution in [0.4, 0.5) is 11.8 Å². The van der Waals surface area contributed by atoms with Gasteiger partial charge >= 0.3 is 0 Å². The SMILES string of the molecule is Cc1cc2c(N3CCN(C(=O)c4ccc(-c5ccccc5)cn4)CC3)nc(NC(=O)[C@@H](O)CO)nc2s1. The van der Waals surface area contributed by atoms with Gasteiger partial charge in [-0.1, -0.05) is 36.4 Å². The molecular weight excluding hydrogens is 492 g/mol. The van der Waals surface area contributed by atoms with Crippen LogP contribution in [0.2, 0.25) is 0 Å². The average molecular weight is 519 g/mol. The number of anilines is 2. The van der Waals surface area contributed by atoms with Crippen molar-refractivity contribution in [3.05, 3.63) is 65.3 Å². The summed E-state index contributed by atoms with van der Waals surface area (Å²) in [5.74, 6) is -0.185. The number of hydrogen-bond donors (Lipinski definition) is 3. The van der Waals surface area contributed by atoms with Crippen LogP contribution in [0, 0.1) is 6.92 Å². The lowest BCUT2D eigenvalue weighted by atomic mass is 10.1. The van der Waals surface area contributed by atoms with E-state index in [1.54, 1.807) is 17.2 Å². The van der Waals surface area contributed by atoms with E-state index in [1.165, 1.54) is 11.3 Å². The standard InChI is InChI=1S/C26H26N6O4S/c1-16-13-19-22(28-26(30-24(19)37-16)29-23(35)21(34)15-33)31-9-11-32(12-10-31)25(36)20-8-7-18(14-27-20)17-5-3-2-4-6-17/h2-8,13-14,21,33-34H,9-12,15H2,1H3,(H,28,29,30,35)/t21-/m0/s1. The Morgan fingerprint density at radius 3 is 2.49 bits per heavy atom. The molecule has 0 saturated carbocycles. The zero-order valence-electron chi connectivity index (χ0n) is 20.2. The maximum atomic E-state index is 13.1. The van der Waals surface area contributed by atoms with E-state index in [0.717, 1.165) is 21.4 Å². The molecule has 1 aromatic carbocycles. The van der Waals surface area contributed by atoms with E-state index < -0.39 is 18.6 Å². The van der Waals surface area contributed by atoms with Crippen LogP contribution in [0.25, 0.3) is 21.3 Å². The predicted molar refractivity (Wildman–Crippen MR) is 142 cm³/mol. The summed E-state index contributed by atoms with van der Waals surface area (Å²) in [6.45, 7) is 3.33. The minimum atomic E-state index is -1.56. The topological polar surface area (TPSA) is 132 Å². The van der Waals surface area contributed by atoms with Gasteiger partial charge in [-0.05, 0) is 24.6 Å². The number of hydrogen-bond acceptors (Lipinski definition) is 9. The van der Waals surface area contributed by atoms with Crippen molar-refractivity contribution in [1.29, 1.82) is 0 Å². The molecule has 0 aliphatic carbocycles. The first kappa shape index (κ1) is 24.8. The highest BCUT2D eigenvalue weighted by Crippen LogP contribution is 2.32. The summed E-state index contributed by atoms with van der Waals surface area (Å²) < 4.78 is 0. The second-order valence-corrected chi connectivity index (χ2v) is 9.95. The third kappa shape index (κ3) is 5.29. The quantitative estimate of drug-likeness (QED) is 0.354. The first-order chi connectivity index (χ1) is 17.9. The van der Waals surface area contributed by atoms with Crippen LogP contribution in [0.15, 0.2) is 54.7 Å². The molecule has 0 radical (unpaired) electrons. The van der Waals surface area contributed by atoms with Crippen molar-refractivity contribution in [2.45, 2.75) is 13.0 Å². The highest BCUT2D eigenvalue weighted by molar-refractivity contribution is 7.18. The molecule has 11 heteroatoms. The van der Waals surface area contributed by atoms with Gasteiger partial charge in [-0.2, -0.15) is 4.98 Å². The molecule has 5 rings (SSSR count). The maximum absolute atomic E-state index is 13.1. The van der Waals surface area contributed by atoms with Gasteiger partial charge in [-0.25, -0.2) is 4.98 Å². The Hall–Kier alpha value is -3.93. The lowest BCUT2D eigenvalue weighted by Crippen LogP contribution is -2.49. The highest BCUT2D eigenvalue weighted by Gasteiger charge is 2.26. The molecule has 1 aliphatic rings. The monoisotopic (exact) mass is 518 g/mol. The third-order valence-corrected chi connectivity index (χ3v) is 7.11. The van der Waals surface area contributed by atoms with Crippen LogP contribution in [0.5, 0.6) is 0 Å². The van der Waals surface area contributed by atoms with Crippen LogP contribution >= 0.6 is 11.3 Å². The molecule has 0 spiro atoms. The Bertz CT molecular complexity index is 1420. The number of aliphatic hydroxyl groups excluding tert-OH is 2. The van der Waals surface area contributed by atoms with Crippen molar-refractivity contribution in [3.8, 4) is 11.1 Å². The van der Waals surface area contributed by atoms with E-state index in [9.17, 15) is 14.7 Å². The summed E-state index contributed by atoms with van der Waals surface area (Å²) in [5, 5.41) is 22.0. The number of aryl methyl sites for hydroxylation is 1. The molecule has 10 nitrogen and oxygen atoms in total. The Balaban J connectivity index is 1.30. The van der Waals surface area contributed by atoms with E-state index >= 15 is 0 Å². The number of thiophene rings is 1. The first-order valence-corrected chi connectivity index (χ1v) is 12.7. The lowest BCUT2D eigenvalue weighted by molar-refractivity contribution is -0.125. The van der Waals surface area contributed by atoms with E-state index in [1.807, 2.05) is 49.4 Å². The normalized spacial score (nSPS) is 14.6. The summed E-state index contributed by atoms with van der Waals surface area (Å²) in [7, 11) is 0. The minimum Gasteiger partial charge on any atom is -0.393 e. The number of pyridine rings is 1. The molecule has 3 aromatic heterocycles. The van der Waals surface area contributed by atoms with Gasteiger partial charge in [0.15, 0.2) is 6.10 Å². The molecule has 3 N–H and O–H groups in total. The lowest BCUT2D eigenvalue weighted by Gasteiger charge is -2.35. The molecule has 1 fully saturated rings. The van der Waals surface area contributed by atoms with E-state index in [2.05, 4.69) is 25.2 Å². The van der Waals surface area contributed by atoms with Gasteiger partial charge < -0.3 is 20.0 Å². The molecule has 1 saturated heterocycles. The molecule has 1 atom stereocenters. The van der Waals surface area contributed by atoms with Gasteiger partial charge in [-0.3, -0.25) is 19.9 Å². The van der Waals surface area contributed by atoms with Gasteiger partial charge in [0.1, 0.15) is 16.3 Å². The number of aromatic nitrogens is 3. The second kappa shape index (κ2) is 10.6. The smallest absolute Gasteiger partial charge is 0.272 e. The van der Waals surface area contributed by atoms with Gasteiger partial charge in [-0.15, -0.1) is 11.3 Å². The summed E-state index contributed by atoms with van der Waals surface area (Å²) in [6, 6.07) is 15.6. The summed E-state index contributed by atoms with van der Waals surface area (Å²) in [6.07, 6.45) is 0.163.